The Kier molecular flexibility index (Phi) is 11.5. The van der Waals surface area contributed by atoms with Crippen molar-refractivity contribution in [1.29, 1.82) is 0 Å². The summed E-state index contributed by atoms with van der Waals surface area (Å²) in [7, 11) is -9.09. The minimum absolute atomic E-state index is 0.153. The van der Waals surface area contributed by atoms with E-state index >= 15 is 0 Å². The molecule has 10 heteroatoms. The fourth-order valence-electron chi connectivity index (χ4n) is 4.77. The predicted octanol–water partition coefficient (Wildman–Crippen LogP) is 4.79. The number of hydrogen-bond donors (Lipinski definition) is 6. The molecule has 2 aromatic carbocycles. The normalized spacial score (nSPS) is 15.1. The summed E-state index contributed by atoms with van der Waals surface area (Å²) in [6, 6.07) is 11.0. The molecule has 0 radical (unpaired) electrons. The summed E-state index contributed by atoms with van der Waals surface area (Å²) in [5.41, 5.74) is 0.851. The Hall–Kier alpha value is -1.02. The fraction of sp³-hybridized carbons (Fsp3) is 0.636. The van der Waals surface area contributed by atoms with Crippen LogP contribution in [0.5, 0.6) is 0 Å². The number of aliphatic hydroxyl groups is 2. The van der Waals surface area contributed by atoms with E-state index < -0.39 is 58.6 Å². The van der Waals surface area contributed by atoms with Crippen molar-refractivity contribution in [1.82, 2.24) is 0 Å². The topological polar surface area (TPSA) is 140 Å². The van der Waals surface area contributed by atoms with Crippen LogP contribution in [0.15, 0.2) is 36.4 Å². The SMILES string of the molecule is CC(C)(C)c1ccc([PH](O)(O)OCC(CO)(CO)CO[PH](O)(O)c2ccc(C(C)(C)C)cc2C(C)(C)C)c(C(C)(C)C)c1. The Balaban J connectivity index is 2.40. The predicted molar refractivity (Wildman–Crippen MR) is 181 cm³/mol. The summed E-state index contributed by atoms with van der Waals surface area (Å²) in [5.74, 6) is 0. The molecule has 43 heavy (non-hydrogen) atoms. The van der Waals surface area contributed by atoms with Gasteiger partial charge in [-0.15, -0.1) is 0 Å². The van der Waals surface area contributed by atoms with Gasteiger partial charge in [0.1, 0.15) is 0 Å². The third-order valence-corrected chi connectivity index (χ3v) is 11.3. The molecule has 0 aliphatic heterocycles. The number of aliphatic hydroxyl groups excluding tert-OH is 2. The molecule has 2 aromatic rings. The van der Waals surface area contributed by atoms with Crippen LogP contribution in [0.1, 0.15) is 105 Å². The van der Waals surface area contributed by atoms with Crippen molar-refractivity contribution < 1.29 is 38.8 Å². The second-order valence-electron chi connectivity index (χ2n) is 16.1. The van der Waals surface area contributed by atoms with Crippen molar-refractivity contribution in [3.63, 3.8) is 0 Å². The summed E-state index contributed by atoms with van der Waals surface area (Å²) < 4.78 is 11.5. The summed E-state index contributed by atoms with van der Waals surface area (Å²) in [5, 5.41) is 21.2. The van der Waals surface area contributed by atoms with Gasteiger partial charge in [0, 0.05) is 0 Å². The molecule has 248 valence electrons. The van der Waals surface area contributed by atoms with Crippen LogP contribution in [0.25, 0.3) is 0 Å². The molecule has 0 atom stereocenters. The first-order chi connectivity index (χ1) is 19.2. The van der Waals surface area contributed by atoms with Gasteiger partial charge in [0.15, 0.2) is 0 Å². The minimum atomic E-state index is -4.55. The number of hydrogen-bond acceptors (Lipinski definition) is 8. The quantitative estimate of drug-likeness (QED) is 0.203. The molecule has 0 saturated carbocycles. The second kappa shape index (κ2) is 13.0. The van der Waals surface area contributed by atoms with Gasteiger partial charge in [-0.05, 0) is 0 Å². The first-order valence-corrected chi connectivity index (χ1v) is 18.5. The molecule has 0 aromatic heterocycles. The van der Waals surface area contributed by atoms with Crippen LogP contribution >= 0.6 is 15.9 Å². The fourth-order valence-corrected chi connectivity index (χ4v) is 8.29. The Bertz CT molecular complexity index is 1150. The van der Waals surface area contributed by atoms with Gasteiger partial charge in [-0.1, -0.05) is 0 Å². The Morgan fingerprint density at radius 2 is 0.814 bits per heavy atom. The van der Waals surface area contributed by atoms with E-state index in [-0.39, 0.29) is 21.4 Å². The molecule has 0 fully saturated rings. The van der Waals surface area contributed by atoms with Crippen molar-refractivity contribution in [3.05, 3.63) is 58.7 Å². The van der Waals surface area contributed by atoms with Crippen LogP contribution in [-0.2, 0) is 30.7 Å². The van der Waals surface area contributed by atoms with Gasteiger partial charge in [0.2, 0.25) is 0 Å². The molecule has 0 spiro atoms. The van der Waals surface area contributed by atoms with Crippen molar-refractivity contribution >= 4 is 26.5 Å². The maximum atomic E-state index is 11.3. The van der Waals surface area contributed by atoms with Crippen LogP contribution in [0.3, 0.4) is 0 Å². The Morgan fingerprint density at radius 3 is 1.05 bits per heavy atom. The van der Waals surface area contributed by atoms with Gasteiger partial charge >= 0.3 is 261 Å². The molecule has 0 aliphatic carbocycles. The van der Waals surface area contributed by atoms with E-state index in [2.05, 4.69) is 41.5 Å². The summed E-state index contributed by atoms with van der Waals surface area (Å²) in [6.45, 7) is 22.1. The molecular weight excluding hydrogens is 586 g/mol. The zero-order valence-electron chi connectivity index (χ0n) is 28.3. The first-order valence-electron chi connectivity index (χ1n) is 14.9. The Labute approximate surface area is 260 Å². The molecule has 0 heterocycles. The van der Waals surface area contributed by atoms with E-state index in [4.69, 9.17) is 9.05 Å². The third kappa shape index (κ3) is 9.50. The third-order valence-electron chi connectivity index (χ3n) is 7.92. The van der Waals surface area contributed by atoms with Crippen LogP contribution in [0, 0.1) is 5.41 Å². The number of benzene rings is 2. The zero-order valence-corrected chi connectivity index (χ0v) is 30.3. The van der Waals surface area contributed by atoms with Crippen molar-refractivity contribution in [2.45, 2.75) is 105 Å². The molecule has 0 unspecified atom stereocenters. The molecule has 0 saturated heterocycles. The van der Waals surface area contributed by atoms with Crippen molar-refractivity contribution in [3.8, 4) is 0 Å². The van der Waals surface area contributed by atoms with Crippen LogP contribution in [0.4, 0.5) is 0 Å². The van der Waals surface area contributed by atoms with Gasteiger partial charge in [0.05, 0.1) is 0 Å². The van der Waals surface area contributed by atoms with Gasteiger partial charge in [-0.25, -0.2) is 0 Å². The van der Waals surface area contributed by atoms with E-state index in [1.165, 1.54) is 0 Å². The summed E-state index contributed by atoms with van der Waals surface area (Å²) >= 11 is 0. The van der Waals surface area contributed by atoms with Crippen LogP contribution in [-0.4, -0.2) is 56.2 Å². The molecule has 0 amide bonds. The molecule has 6 N–H and O–H groups in total. The van der Waals surface area contributed by atoms with Gasteiger partial charge in [-0.2, -0.15) is 0 Å². The zero-order chi connectivity index (χ0) is 33.4. The number of rotatable bonds is 10. The van der Waals surface area contributed by atoms with Gasteiger partial charge < -0.3 is 0 Å². The van der Waals surface area contributed by atoms with Crippen molar-refractivity contribution in [2.24, 2.45) is 5.41 Å². The van der Waals surface area contributed by atoms with E-state index in [0.29, 0.717) is 0 Å². The van der Waals surface area contributed by atoms with Gasteiger partial charge in [0.25, 0.3) is 0 Å². The maximum absolute atomic E-state index is 11.3. The van der Waals surface area contributed by atoms with E-state index in [1.807, 2.05) is 65.8 Å². The van der Waals surface area contributed by atoms with E-state index in [0.717, 1.165) is 22.3 Å². The van der Waals surface area contributed by atoms with Crippen molar-refractivity contribution in [2.75, 3.05) is 26.4 Å². The molecule has 8 nitrogen and oxygen atoms in total. The Morgan fingerprint density at radius 1 is 0.512 bits per heavy atom. The summed E-state index contributed by atoms with van der Waals surface area (Å²) in [6.07, 6.45) is 0. The van der Waals surface area contributed by atoms with Gasteiger partial charge in [-0.3, -0.25) is 0 Å². The average molecular weight is 645 g/mol. The molecule has 2 rings (SSSR count). The summed E-state index contributed by atoms with van der Waals surface area (Å²) in [4.78, 5) is 45.1. The monoisotopic (exact) mass is 644 g/mol. The standard InChI is InChI=1S/C33H58O8P2/c1-29(2,3)23-13-15-27(25(17-23)31(7,8)9)42(36,37)40-21-33(19-34,20-35)22-41-43(38,39)28-16-14-24(30(4,5)6)18-26(28)32(10,11)12/h13-18,34-39,42-43H,19-22H2,1-12H3. The second-order valence-corrected chi connectivity index (χ2v) is 20.2. The molecule has 0 aliphatic rings. The molecular formula is C33H58O8P2. The van der Waals surface area contributed by atoms with E-state index in [9.17, 15) is 29.8 Å². The van der Waals surface area contributed by atoms with Crippen LogP contribution < -0.4 is 10.6 Å². The first kappa shape index (κ1) is 38.2. The van der Waals surface area contributed by atoms with Crippen LogP contribution in [0.2, 0.25) is 0 Å². The molecule has 0 bridgehead atoms. The average Bonchev–Trinajstić information content (AvgIpc) is 2.86. The van der Waals surface area contributed by atoms with E-state index in [1.54, 1.807) is 12.1 Å².